The van der Waals surface area contributed by atoms with Crippen LogP contribution < -0.4 is 10.1 Å². The average Bonchev–Trinajstić information content (AvgIpc) is 3.19. The van der Waals surface area contributed by atoms with Crippen LogP contribution in [0.15, 0.2) is 18.2 Å². The highest BCUT2D eigenvalue weighted by molar-refractivity contribution is 6.31. The lowest BCUT2D eigenvalue weighted by atomic mass is 9.99. The molecule has 2 amide bonds. The molecule has 1 aromatic carbocycles. The predicted molar refractivity (Wildman–Crippen MR) is 110 cm³/mol. The van der Waals surface area contributed by atoms with Gasteiger partial charge in [-0.1, -0.05) is 18.5 Å². The van der Waals surface area contributed by atoms with Crippen molar-refractivity contribution in [2.45, 2.75) is 38.6 Å². The Morgan fingerprint density at radius 2 is 1.96 bits per heavy atom. The van der Waals surface area contributed by atoms with Crippen LogP contribution >= 0.6 is 11.6 Å². The molecule has 28 heavy (non-hydrogen) atoms. The topological polar surface area (TPSA) is 61.9 Å². The van der Waals surface area contributed by atoms with Crippen molar-refractivity contribution >= 4 is 23.4 Å². The van der Waals surface area contributed by atoms with E-state index in [2.05, 4.69) is 17.1 Å². The van der Waals surface area contributed by atoms with E-state index in [9.17, 15) is 9.59 Å². The van der Waals surface area contributed by atoms with Gasteiger partial charge in [0.2, 0.25) is 5.91 Å². The Bertz CT molecular complexity index is 704. The number of carbonyl (C=O) groups excluding carboxylic acids is 2. The first-order valence-electron chi connectivity index (χ1n) is 10.1. The number of benzene rings is 1. The number of rotatable bonds is 6. The third-order valence-electron chi connectivity index (χ3n) is 5.81. The number of hydrogen-bond donors (Lipinski definition) is 1. The van der Waals surface area contributed by atoms with E-state index < -0.39 is 6.04 Å². The van der Waals surface area contributed by atoms with Gasteiger partial charge in [-0.15, -0.1) is 0 Å². The molecule has 0 spiro atoms. The minimum Gasteiger partial charge on any atom is -0.496 e. The van der Waals surface area contributed by atoms with Gasteiger partial charge in [0.15, 0.2) is 0 Å². The Hall–Kier alpha value is -1.79. The number of nitrogens with one attached hydrogen (secondary N) is 1. The first-order chi connectivity index (χ1) is 13.5. The predicted octanol–water partition coefficient (Wildman–Crippen LogP) is 2.80. The molecule has 7 heteroatoms. The molecule has 2 aliphatic rings. The van der Waals surface area contributed by atoms with E-state index in [1.54, 1.807) is 23.1 Å². The third kappa shape index (κ3) is 4.97. The molecule has 3 rings (SSSR count). The fourth-order valence-corrected chi connectivity index (χ4v) is 4.20. The molecule has 2 aliphatic heterocycles. The van der Waals surface area contributed by atoms with E-state index in [1.165, 1.54) is 20.0 Å². The quantitative estimate of drug-likeness (QED) is 0.787. The molecule has 2 heterocycles. The summed E-state index contributed by atoms with van der Waals surface area (Å²) in [4.78, 5) is 29.8. The monoisotopic (exact) mass is 407 g/mol. The van der Waals surface area contributed by atoms with Crippen molar-refractivity contribution in [2.75, 3.05) is 39.8 Å². The first-order valence-corrected chi connectivity index (χ1v) is 10.5. The summed E-state index contributed by atoms with van der Waals surface area (Å²) in [6.07, 6.45) is 3.94. The van der Waals surface area contributed by atoms with E-state index in [-0.39, 0.29) is 11.8 Å². The lowest BCUT2D eigenvalue weighted by Gasteiger charge is -2.30. The van der Waals surface area contributed by atoms with Gasteiger partial charge in [-0.3, -0.25) is 9.59 Å². The lowest BCUT2D eigenvalue weighted by molar-refractivity contribution is -0.124. The molecule has 1 atom stereocenters. The second kappa shape index (κ2) is 9.61. The van der Waals surface area contributed by atoms with Crippen LogP contribution in [-0.2, 0) is 4.79 Å². The van der Waals surface area contributed by atoms with Gasteiger partial charge >= 0.3 is 0 Å². The molecular weight excluding hydrogens is 378 g/mol. The third-order valence-corrected chi connectivity index (χ3v) is 6.05. The van der Waals surface area contributed by atoms with Gasteiger partial charge in [-0.2, -0.15) is 0 Å². The van der Waals surface area contributed by atoms with Crippen LogP contribution in [0.2, 0.25) is 5.02 Å². The van der Waals surface area contributed by atoms with Crippen LogP contribution in [-0.4, -0.2) is 67.5 Å². The molecule has 2 saturated heterocycles. The molecule has 6 nitrogen and oxygen atoms in total. The van der Waals surface area contributed by atoms with Crippen molar-refractivity contribution in [2.24, 2.45) is 5.92 Å². The SMILES string of the molecule is COc1ccc(Cl)cc1C(=O)N1CCCC1C(=O)NCCN1CCC(C)CC1. The van der Waals surface area contributed by atoms with Crippen molar-refractivity contribution in [1.82, 2.24) is 15.1 Å². The number of ether oxygens (including phenoxy) is 1. The maximum absolute atomic E-state index is 13.0. The van der Waals surface area contributed by atoms with E-state index in [4.69, 9.17) is 16.3 Å². The highest BCUT2D eigenvalue weighted by atomic mass is 35.5. The van der Waals surface area contributed by atoms with Crippen LogP contribution in [0.25, 0.3) is 0 Å². The molecule has 0 bridgehead atoms. The molecule has 1 N–H and O–H groups in total. The van der Waals surface area contributed by atoms with Crippen LogP contribution in [0.4, 0.5) is 0 Å². The van der Waals surface area contributed by atoms with Gasteiger partial charge in [0, 0.05) is 24.7 Å². The summed E-state index contributed by atoms with van der Waals surface area (Å²) >= 11 is 6.06. The van der Waals surface area contributed by atoms with Gasteiger partial charge in [0.05, 0.1) is 12.7 Å². The fourth-order valence-electron chi connectivity index (χ4n) is 4.03. The van der Waals surface area contributed by atoms with Gasteiger partial charge in [0.25, 0.3) is 5.91 Å². The highest BCUT2D eigenvalue weighted by Crippen LogP contribution is 2.27. The van der Waals surface area contributed by atoms with Crippen molar-refractivity contribution in [1.29, 1.82) is 0 Å². The molecule has 2 fully saturated rings. The summed E-state index contributed by atoms with van der Waals surface area (Å²) in [6.45, 7) is 6.53. The summed E-state index contributed by atoms with van der Waals surface area (Å²) in [6, 6.07) is 4.54. The fraction of sp³-hybridized carbons (Fsp3) is 0.619. The molecule has 0 saturated carbocycles. The van der Waals surface area contributed by atoms with Crippen LogP contribution in [0.3, 0.4) is 0 Å². The number of likely N-dealkylation sites (tertiary alicyclic amines) is 2. The van der Waals surface area contributed by atoms with Crippen LogP contribution in [0.5, 0.6) is 5.75 Å². The highest BCUT2D eigenvalue weighted by Gasteiger charge is 2.35. The molecule has 1 aromatic rings. The number of halogens is 1. The first kappa shape index (κ1) is 20.9. The van der Waals surface area contributed by atoms with Gasteiger partial charge in [-0.05, 0) is 62.9 Å². The van der Waals surface area contributed by atoms with Crippen LogP contribution in [0, 0.1) is 5.92 Å². The molecule has 1 unspecified atom stereocenters. The van der Waals surface area contributed by atoms with Crippen LogP contribution in [0.1, 0.15) is 43.0 Å². The number of hydrogen-bond acceptors (Lipinski definition) is 4. The normalized spacial score (nSPS) is 21.0. The second-order valence-electron chi connectivity index (χ2n) is 7.82. The standard InChI is InChI=1S/C21H30ClN3O3/c1-15-7-11-24(12-8-15)13-9-23-20(26)18-4-3-10-25(18)21(27)17-14-16(22)5-6-19(17)28-2/h5-6,14-15,18H,3-4,7-13H2,1-2H3,(H,23,26). The maximum atomic E-state index is 13.0. The molecule has 0 aliphatic carbocycles. The number of carbonyl (C=O) groups is 2. The van der Waals surface area contributed by atoms with E-state index in [1.807, 2.05) is 0 Å². The summed E-state index contributed by atoms with van der Waals surface area (Å²) < 4.78 is 5.30. The average molecular weight is 408 g/mol. The zero-order chi connectivity index (χ0) is 20.1. The number of piperidine rings is 1. The smallest absolute Gasteiger partial charge is 0.258 e. The zero-order valence-corrected chi connectivity index (χ0v) is 17.5. The van der Waals surface area contributed by atoms with Crippen molar-refractivity contribution in [3.8, 4) is 5.75 Å². The minimum absolute atomic E-state index is 0.0720. The summed E-state index contributed by atoms with van der Waals surface area (Å²) in [5.41, 5.74) is 0.400. The molecular formula is C21H30ClN3O3. The summed E-state index contributed by atoms with van der Waals surface area (Å²) in [5.74, 6) is 0.992. The van der Waals surface area contributed by atoms with Gasteiger partial charge in [-0.25, -0.2) is 0 Å². The van der Waals surface area contributed by atoms with Gasteiger partial charge in [0.1, 0.15) is 11.8 Å². The Balaban J connectivity index is 1.57. The van der Waals surface area contributed by atoms with Gasteiger partial charge < -0.3 is 19.9 Å². The molecule has 0 aromatic heterocycles. The van der Waals surface area contributed by atoms with Crippen molar-refractivity contribution < 1.29 is 14.3 Å². The number of amides is 2. The Labute approximate surface area is 172 Å². The summed E-state index contributed by atoms with van der Waals surface area (Å²) in [7, 11) is 1.52. The zero-order valence-electron chi connectivity index (χ0n) is 16.7. The number of nitrogens with zero attached hydrogens (tertiary/aromatic N) is 2. The molecule has 154 valence electrons. The largest absolute Gasteiger partial charge is 0.496 e. The lowest BCUT2D eigenvalue weighted by Crippen LogP contribution is -2.48. The number of methoxy groups -OCH3 is 1. The van der Waals surface area contributed by atoms with Crippen molar-refractivity contribution in [3.63, 3.8) is 0 Å². The van der Waals surface area contributed by atoms with Crippen molar-refractivity contribution in [3.05, 3.63) is 28.8 Å². The molecule has 0 radical (unpaired) electrons. The summed E-state index contributed by atoms with van der Waals surface area (Å²) in [5, 5.41) is 3.50. The second-order valence-corrected chi connectivity index (χ2v) is 8.25. The maximum Gasteiger partial charge on any atom is 0.258 e. The van der Waals surface area contributed by atoms with E-state index in [0.29, 0.717) is 35.8 Å². The van der Waals surface area contributed by atoms with E-state index >= 15 is 0 Å². The minimum atomic E-state index is -0.433. The Kier molecular flexibility index (Phi) is 7.18. The Morgan fingerprint density at radius 3 is 2.68 bits per heavy atom. The van der Waals surface area contributed by atoms with E-state index in [0.717, 1.165) is 32.0 Å². The Morgan fingerprint density at radius 1 is 1.21 bits per heavy atom.